The first kappa shape index (κ1) is 13.5. The summed E-state index contributed by atoms with van der Waals surface area (Å²) in [4.78, 5) is 10.6. The van der Waals surface area contributed by atoms with Crippen LogP contribution in [0.25, 0.3) is 0 Å². The van der Waals surface area contributed by atoms with Crippen LogP contribution in [0.5, 0.6) is 11.5 Å². The van der Waals surface area contributed by atoms with Gasteiger partial charge in [-0.05, 0) is 18.2 Å². The number of hydrogen-bond acceptors (Lipinski definition) is 4. The molecule has 1 unspecified atom stereocenters. The molecule has 15 heavy (non-hydrogen) atoms. The third-order valence-electron chi connectivity index (χ3n) is 1.84. The highest BCUT2D eigenvalue weighted by molar-refractivity contribution is 5.85. The second kappa shape index (κ2) is 5.43. The van der Waals surface area contributed by atoms with Crippen LogP contribution in [0.4, 0.5) is 0 Å². The lowest BCUT2D eigenvalue weighted by molar-refractivity contribution is -0.138. The molecule has 6 heteroatoms. The van der Waals surface area contributed by atoms with E-state index in [1.54, 1.807) is 0 Å². The Balaban J connectivity index is 0.00000196. The van der Waals surface area contributed by atoms with Crippen LogP contribution in [0.15, 0.2) is 18.2 Å². The first-order valence-electron chi connectivity index (χ1n) is 3.91. The monoisotopic (exact) mass is 233 g/mol. The molecule has 0 aliphatic heterocycles. The van der Waals surface area contributed by atoms with Crippen LogP contribution < -0.4 is 10.5 Å². The summed E-state index contributed by atoms with van der Waals surface area (Å²) < 4.78 is 4.88. The molecule has 0 fully saturated rings. The lowest BCUT2D eigenvalue weighted by Crippen LogP contribution is -2.20. The van der Waals surface area contributed by atoms with Crippen molar-refractivity contribution in [2.75, 3.05) is 7.11 Å². The Hall–Kier alpha value is -1.46. The Bertz CT molecular complexity index is 356. The van der Waals surface area contributed by atoms with Crippen LogP contribution in [-0.2, 0) is 4.79 Å². The summed E-state index contributed by atoms with van der Waals surface area (Å²) >= 11 is 0. The fraction of sp³-hybridized carbons (Fsp3) is 0.222. The topological polar surface area (TPSA) is 92.8 Å². The van der Waals surface area contributed by atoms with E-state index < -0.39 is 12.0 Å². The van der Waals surface area contributed by atoms with Gasteiger partial charge in [-0.2, -0.15) is 0 Å². The molecule has 4 N–H and O–H groups in total. The molecule has 5 nitrogen and oxygen atoms in total. The first-order valence-corrected chi connectivity index (χ1v) is 3.91. The summed E-state index contributed by atoms with van der Waals surface area (Å²) in [5.41, 5.74) is 5.48. The van der Waals surface area contributed by atoms with Crippen molar-refractivity contribution in [3.8, 4) is 11.5 Å². The van der Waals surface area contributed by atoms with Gasteiger partial charge >= 0.3 is 5.97 Å². The van der Waals surface area contributed by atoms with Gasteiger partial charge in [-0.3, -0.25) is 4.79 Å². The maximum Gasteiger partial charge on any atom is 0.325 e. The van der Waals surface area contributed by atoms with Crippen molar-refractivity contribution in [2.45, 2.75) is 6.04 Å². The number of carboxylic acids is 1. The molecule has 0 aliphatic rings. The van der Waals surface area contributed by atoms with E-state index >= 15 is 0 Å². The third-order valence-corrected chi connectivity index (χ3v) is 1.84. The number of rotatable bonds is 3. The molecule has 0 bridgehead atoms. The summed E-state index contributed by atoms with van der Waals surface area (Å²) in [5, 5.41) is 18.0. The Kier molecular flexibility index (Phi) is 4.90. The molecule has 1 atom stereocenters. The lowest BCUT2D eigenvalue weighted by Gasteiger charge is -2.10. The zero-order chi connectivity index (χ0) is 10.7. The molecule has 1 aromatic rings. The molecule has 0 saturated heterocycles. The molecular weight excluding hydrogens is 222 g/mol. The average molecular weight is 234 g/mol. The molecule has 0 heterocycles. The fourth-order valence-electron chi connectivity index (χ4n) is 1.04. The number of methoxy groups -OCH3 is 1. The number of hydrogen-bond donors (Lipinski definition) is 3. The van der Waals surface area contributed by atoms with E-state index in [2.05, 4.69) is 0 Å². The summed E-state index contributed by atoms with van der Waals surface area (Å²) in [6.07, 6.45) is 0. The van der Waals surface area contributed by atoms with Crippen molar-refractivity contribution in [2.24, 2.45) is 5.73 Å². The van der Waals surface area contributed by atoms with Gasteiger partial charge in [0.2, 0.25) is 0 Å². The van der Waals surface area contributed by atoms with Crippen molar-refractivity contribution in [3.63, 3.8) is 0 Å². The van der Waals surface area contributed by atoms with Crippen molar-refractivity contribution < 1.29 is 19.7 Å². The van der Waals surface area contributed by atoms with E-state index in [-0.39, 0.29) is 23.7 Å². The van der Waals surface area contributed by atoms with Crippen molar-refractivity contribution in [1.82, 2.24) is 0 Å². The third kappa shape index (κ3) is 3.00. The summed E-state index contributed by atoms with van der Waals surface area (Å²) in [7, 11) is 1.45. The summed E-state index contributed by atoms with van der Waals surface area (Å²) in [5.74, 6) is -0.899. The van der Waals surface area contributed by atoms with Crippen LogP contribution in [0, 0.1) is 0 Å². The van der Waals surface area contributed by atoms with Crippen LogP contribution in [0.1, 0.15) is 11.6 Å². The van der Waals surface area contributed by atoms with Crippen LogP contribution >= 0.6 is 12.4 Å². The second-order valence-electron chi connectivity index (χ2n) is 2.74. The van der Waals surface area contributed by atoms with Gasteiger partial charge in [-0.25, -0.2) is 0 Å². The number of carboxylic acid groups (broad SMARTS) is 1. The van der Waals surface area contributed by atoms with E-state index in [1.165, 1.54) is 25.3 Å². The van der Waals surface area contributed by atoms with Gasteiger partial charge in [-0.1, -0.05) is 0 Å². The standard InChI is InChI=1S/C9H11NO4.ClH/c1-14-5-2-3-7(11)6(4-5)8(10)9(12)13;/h2-4,8,11H,10H2,1H3,(H,12,13);1H. The minimum atomic E-state index is -1.25. The molecule has 0 amide bonds. The zero-order valence-corrected chi connectivity index (χ0v) is 8.82. The Morgan fingerprint density at radius 1 is 1.53 bits per heavy atom. The molecule has 84 valence electrons. The predicted octanol–water partition coefficient (Wildman–Crippen LogP) is 0.907. The number of halogens is 1. The largest absolute Gasteiger partial charge is 0.508 e. The van der Waals surface area contributed by atoms with Crippen LogP contribution in [-0.4, -0.2) is 23.3 Å². The van der Waals surface area contributed by atoms with E-state index in [1.807, 2.05) is 0 Å². The van der Waals surface area contributed by atoms with Gasteiger partial charge in [0.15, 0.2) is 0 Å². The maximum atomic E-state index is 10.6. The minimum Gasteiger partial charge on any atom is -0.508 e. The zero-order valence-electron chi connectivity index (χ0n) is 8.01. The van der Waals surface area contributed by atoms with Crippen LogP contribution in [0.3, 0.4) is 0 Å². The van der Waals surface area contributed by atoms with Gasteiger partial charge in [0.25, 0.3) is 0 Å². The quantitative estimate of drug-likeness (QED) is 0.722. The van der Waals surface area contributed by atoms with Gasteiger partial charge in [0.05, 0.1) is 7.11 Å². The number of phenols is 1. The minimum absolute atomic E-state index is 0. The molecule has 1 rings (SSSR count). The highest BCUT2D eigenvalue weighted by Gasteiger charge is 2.18. The van der Waals surface area contributed by atoms with Gasteiger partial charge in [0.1, 0.15) is 17.5 Å². The van der Waals surface area contributed by atoms with Gasteiger partial charge in [0, 0.05) is 5.56 Å². The number of phenolic OH excluding ortho intramolecular Hbond substituents is 1. The van der Waals surface area contributed by atoms with E-state index in [0.29, 0.717) is 5.75 Å². The molecule has 0 saturated carbocycles. The molecule has 0 spiro atoms. The average Bonchev–Trinajstić information content (AvgIpc) is 2.17. The van der Waals surface area contributed by atoms with Gasteiger partial charge in [-0.15, -0.1) is 12.4 Å². The molecule has 1 aromatic carbocycles. The molecule has 0 aliphatic carbocycles. The number of nitrogens with two attached hydrogens (primary N) is 1. The highest BCUT2D eigenvalue weighted by Crippen LogP contribution is 2.27. The van der Waals surface area contributed by atoms with E-state index in [0.717, 1.165) is 0 Å². The van der Waals surface area contributed by atoms with Gasteiger partial charge < -0.3 is 20.7 Å². The molecular formula is C9H12ClNO4. The van der Waals surface area contributed by atoms with Crippen molar-refractivity contribution in [3.05, 3.63) is 23.8 Å². The normalized spacial score (nSPS) is 11.3. The second-order valence-corrected chi connectivity index (χ2v) is 2.74. The Labute approximate surface area is 92.9 Å². The van der Waals surface area contributed by atoms with E-state index in [9.17, 15) is 9.90 Å². The van der Waals surface area contributed by atoms with Crippen LogP contribution in [0.2, 0.25) is 0 Å². The summed E-state index contributed by atoms with van der Waals surface area (Å²) in [6.45, 7) is 0. The lowest BCUT2D eigenvalue weighted by atomic mass is 10.1. The van der Waals surface area contributed by atoms with Crippen molar-refractivity contribution >= 4 is 18.4 Å². The Morgan fingerprint density at radius 2 is 2.13 bits per heavy atom. The summed E-state index contributed by atoms with van der Waals surface area (Å²) in [6, 6.07) is 3.02. The highest BCUT2D eigenvalue weighted by atomic mass is 35.5. The SMILES string of the molecule is COc1ccc(O)c(C(N)C(=O)O)c1.Cl. The predicted molar refractivity (Wildman–Crippen MR) is 56.5 cm³/mol. The first-order chi connectivity index (χ1) is 6.56. The number of benzene rings is 1. The number of aromatic hydroxyl groups is 1. The van der Waals surface area contributed by atoms with Crippen molar-refractivity contribution in [1.29, 1.82) is 0 Å². The number of ether oxygens (including phenoxy) is 1. The smallest absolute Gasteiger partial charge is 0.325 e. The van der Waals surface area contributed by atoms with E-state index in [4.69, 9.17) is 15.6 Å². The molecule has 0 aromatic heterocycles. The molecule has 0 radical (unpaired) electrons. The maximum absolute atomic E-state index is 10.6. The Morgan fingerprint density at radius 3 is 2.60 bits per heavy atom. The fourth-order valence-corrected chi connectivity index (χ4v) is 1.04. The number of aliphatic carboxylic acids is 1. The number of carbonyl (C=O) groups is 1.